The molecular weight excluding hydrogens is 414 g/mol. The van der Waals surface area contributed by atoms with Gasteiger partial charge in [0.2, 0.25) is 6.71 Å². The molecule has 168 valence electrons. The molecule has 1 heterocycles. The fourth-order valence-electron chi connectivity index (χ4n) is 4.55. The first-order valence-corrected chi connectivity index (χ1v) is 12.0. The molecule has 0 N–H and O–H groups in total. The second kappa shape index (κ2) is 8.94. The first-order valence-electron chi connectivity index (χ1n) is 12.0. The average molecular weight is 444 g/mol. The third-order valence-electron chi connectivity index (χ3n) is 7.28. The first kappa shape index (κ1) is 22.7. The molecule has 0 spiro atoms. The normalized spacial score (nSPS) is 16.4. The van der Waals surface area contributed by atoms with Crippen molar-refractivity contribution < 1.29 is 9.31 Å². The zero-order chi connectivity index (χ0) is 23.8. The molecule has 0 amide bonds. The molecule has 1 aliphatic rings. The van der Waals surface area contributed by atoms with E-state index in [1.165, 1.54) is 27.5 Å². The lowest BCUT2D eigenvalue weighted by atomic mass is 9.37. The summed E-state index contributed by atoms with van der Waals surface area (Å²) >= 11 is 0. The molecule has 4 heteroatoms. The smallest absolute Gasteiger partial charge is 0.399 e. The number of rotatable bonds is 5. The Kier molecular flexibility index (Phi) is 5.97. The van der Waals surface area contributed by atoms with Gasteiger partial charge in [0.1, 0.15) is 0 Å². The van der Waals surface area contributed by atoms with Crippen LogP contribution in [-0.2, 0) is 9.31 Å². The van der Waals surface area contributed by atoms with E-state index in [2.05, 4.69) is 137 Å². The molecule has 0 radical (unpaired) electrons. The maximum atomic E-state index is 6.20. The van der Waals surface area contributed by atoms with Crippen LogP contribution in [0.1, 0.15) is 27.7 Å². The van der Waals surface area contributed by atoms with Gasteiger partial charge < -0.3 is 9.31 Å². The average Bonchev–Trinajstić information content (AvgIpc) is 3.08. The molecule has 0 unspecified atom stereocenters. The summed E-state index contributed by atoms with van der Waals surface area (Å²) in [6, 6.07) is 38.9. The standard InChI is InChI=1S/C30H30B2O2/c1-29(2)30(3,4)34-32(33-29)28-21-17-24(18-22-28)23-15-19-27(20-16-23)31(25-11-7-5-8-12-25)26-13-9-6-10-14-26/h5-22H,1-4H3. The fourth-order valence-corrected chi connectivity index (χ4v) is 4.55. The quantitative estimate of drug-likeness (QED) is 0.431. The van der Waals surface area contributed by atoms with Crippen molar-refractivity contribution in [3.63, 3.8) is 0 Å². The van der Waals surface area contributed by atoms with Crippen LogP contribution >= 0.6 is 0 Å². The van der Waals surface area contributed by atoms with Gasteiger partial charge in [0.25, 0.3) is 0 Å². The Balaban J connectivity index is 1.40. The molecular formula is C30H30B2O2. The molecule has 0 atom stereocenters. The highest BCUT2D eigenvalue weighted by Gasteiger charge is 2.51. The Bertz CT molecular complexity index is 1180. The third kappa shape index (κ3) is 4.36. The summed E-state index contributed by atoms with van der Waals surface area (Å²) in [4.78, 5) is 0. The van der Waals surface area contributed by atoms with Crippen molar-refractivity contribution in [3.05, 3.63) is 109 Å². The van der Waals surface area contributed by atoms with E-state index in [0.29, 0.717) is 0 Å². The molecule has 0 bridgehead atoms. The van der Waals surface area contributed by atoms with Gasteiger partial charge in [0.05, 0.1) is 11.2 Å². The van der Waals surface area contributed by atoms with Crippen LogP contribution in [0.25, 0.3) is 11.1 Å². The molecule has 34 heavy (non-hydrogen) atoms. The lowest BCUT2D eigenvalue weighted by molar-refractivity contribution is 0.00578. The Morgan fingerprint density at radius 1 is 0.500 bits per heavy atom. The Morgan fingerprint density at radius 3 is 1.32 bits per heavy atom. The minimum atomic E-state index is -0.334. The van der Waals surface area contributed by atoms with E-state index in [9.17, 15) is 0 Å². The van der Waals surface area contributed by atoms with Gasteiger partial charge >= 0.3 is 7.12 Å². The van der Waals surface area contributed by atoms with E-state index in [-0.39, 0.29) is 25.0 Å². The molecule has 1 aliphatic heterocycles. The van der Waals surface area contributed by atoms with E-state index in [1.54, 1.807) is 0 Å². The van der Waals surface area contributed by atoms with Gasteiger partial charge in [-0.25, -0.2) is 0 Å². The van der Waals surface area contributed by atoms with E-state index < -0.39 is 0 Å². The highest BCUT2D eigenvalue weighted by Crippen LogP contribution is 2.36. The second-order valence-corrected chi connectivity index (χ2v) is 10.1. The fraction of sp³-hybridized carbons (Fsp3) is 0.200. The van der Waals surface area contributed by atoms with Crippen LogP contribution in [0.15, 0.2) is 109 Å². The third-order valence-corrected chi connectivity index (χ3v) is 7.28. The number of hydrogen-bond acceptors (Lipinski definition) is 2. The largest absolute Gasteiger partial charge is 0.494 e. The Labute approximate surface area is 204 Å². The van der Waals surface area contributed by atoms with Crippen LogP contribution in [0.2, 0.25) is 0 Å². The van der Waals surface area contributed by atoms with Crippen molar-refractivity contribution in [1.29, 1.82) is 0 Å². The summed E-state index contributed by atoms with van der Waals surface area (Å²) in [6.45, 7) is 8.55. The summed E-state index contributed by atoms with van der Waals surface area (Å²) in [6.07, 6.45) is 0. The molecule has 4 aromatic rings. The molecule has 0 aromatic heterocycles. The van der Waals surface area contributed by atoms with E-state index in [0.717, 1.165) is 5.46 Å². The van der Waals surface area contributed by atoms with Crippen molar-refractivity contribution >= 4 is 35.7 Å². The van der Waals surface area contributed by atoms with Gasteiger partial charge in [-0.3, -0.25) is 0 Å². The lowest BCUT2D eigenvalue weighted by Gasteiger charge is -2.32. The zero-order valence-electron chi connectivity index (χ0n) is 20.4. The van der Waals surface area contributed by atoms with E-state index in [1.807, 2.05) is 0 Å². The first-order chi connectivity index (χ1) is 16.3. The van der Waals surface area contributed by atoms with E-state index >= 15 is 0 Å². The van der Waals surface area contributed by atoms with Gasteiger partial charge in [0.15, 0.2) is 0 Å². The summed E-state index contributed by atoms with van der Waals surface area (Å²) in [5.41, 5.74) is 6.65. The summed E-state index contributed by atoms with van der Waals surface area (Å²) < 4.78 is 12.4. The highest BCUT2D eigenvalue weighted by atomic mass is 16.7. The van der Waals surface area contributed by atoms with Crippen molar-refractivity contribution in [1.82, 2.24) is 0 Å². The lowest BCUT2D eigenvalue weighted by Crippen LogP contribution is -2.51. The minimum absolute atomic E-state index is 0.210. The Hall–Kier alpha value is -3.07. The van der Waals surface area contributed by atoms with Gasteiger partial charge in [-0.1, -0.05) is 126 Å². The molecule has 1 saturated heterocycles. The summed E-state index contributed by atoms with van der Waals surface area (Å²) in [7, 11) is -0.334. The molecule has 5 rings (SSSR count). The predicted octanol–water partition coefficient (Wildman–Crippen LogP) is 4.17. The van der Waals surface area contributed by atoms with Crippen LogP contribution in [0.4, 0.5) is 0 Å². The SMILES string of the molecule is CC1(C)OB(c2ccc(-c3ccc(B(c4ccccc4)c4ccccc4)cc3)cc2)OC1(C)C. The van der Waals surface area contributed by atoms with Crippen molar-refractivity contribution in [2.45, 2.75) is 38.9 Å². The maximum absolute atomic E-state index is 6.20. The number of benzene rings is 4. The maximum Gasteiger partial charge on any atom is 0.494 e. The molecule has 0 saturated carbocycles. The van der Waals surface area contributed by atoms with Crippen molar-refractivity contribution in [2.24, 2.45) is 0 Å². The van der Waals surface area contributed by atoms with Crippen molar-refractivity contribution in [3.8, 4) is 11.1 Å². The van der Waals surface area contributed by atoms with Gasteiger partial charge in [-0.2, -0.15) is 0 Å². The molecule has 2 nitrogen and oxygen atoms in total. The van der Waals surface area contributed by atoms with Gasteiger partial charge in [-0.15, -0.1) is 0 Å². The van der Waals surface area contributed by atoms with Gasteiger partial charge in [0, 0.05) is 0 Å². The van der Waals surface area contributed by atoms with Crippen LogP contribution < -0.4 is 21.9 Å². The van der Waals surface area contributed by atoms with Crippen molar-refractivity contribution in [2.75, 3.05) is 0 Å². The minimum Gasteiger partial charge on any atom is -0.399 e. The van der Waals surface area contributed by atoms with Crippen LogP contribution in [0, 0.1) is 0 Å². The predicted molar refractivity (Wildman–Crippen MR) is 145 cm³/mol. The molecule has 0 aliphatic carbocycles. The Morgan fingerprint density at radius 2 is 0.882 bits per heavy atom. The monoisotopic (exact) mass is 444 g/mol. The van der Waals surface area contributed by atoms with Crippen LogP contribution in [0.3, 0.4) is 0 Å². The number of hydrogen-bond donors (Lipinski definition) is 0. The van der Waals surface area contributed by atoms with Crippen LogP contribution in [0.5, 0.6) is 0 Å². The van der Waals surface area contributed by atoms with Crippen LogP contribution in [-0.4, -0.2) is 25.0 Å². The van der Waals surface area contributed by atoms with Gasteiger partial charge in [-0.05, 0) is 44.3 Å². The van der Waals surface area contributed by atoms with E-state index in [4.69, 9.17) is 9.31 Å². The molecule has 4 aromatic carbocycles. The summed E-state index contributed by atoms with van der Waals surface area (Å²) in [5.74, 6) is 0. The zero-order valence-corrected chi connectivity index (χ0v) is 20.4. The molecule has 1 fully saturated rings. The second-order valence-electron chi connectivity index (χ2n) is 10.1. The summed E-state index contributed by atoms with van der Waals surface area (Å²) in [5, 5.41) is 0. The topological polar surface area (TPSA) is 18.5 Å². The highest BCUT2D eigenvalue weighted by molar-refractivity contribution is 6.95.